The number of halogens is 12. The van der Waals surface area contributed by atoms with E-state index in [-0.39, 0.29) is 0 Å². The topological polar surface area (TPSA) is 77.3 Å². The molecule has 2 aromatic heterocycles. The predicted molar refractivity (Wildman–Crippen MR) is 204 cm³/mol. The predicted octanol–water partition coefficient (Wildman–Crippen LogP) is 12.3. The van der Waals surface area contributed by atoms with Crippen molar-refractivity contribution in [2.45, 2.75) is 8.57 Å². The molecule has 0 aliphatic rings. The van der Waals surface area contributed by atoms with Gasteiger partial charge in [-0.1, -0.05) is 252 Å². The Morgan fingerprint density at radius 1 is 0.325 bits per heavy atom. The fourth-order valence-electron chi connectivity index (χ4n) is 2.69. The summed E-state index contributed by atoms with van der Waals surface area (Å²) in [7, 11) is 0. The van der Waals surface area contributed by atoms with E-state index in [1.807, 2.05) is 60.7 Å². The van der Waals surface area contributed by atoms with Crippen LogP contribution in [-0.2, 0) is 8.57 Å². The maximum absolute atomic E-state index is 4.46. The third-order valence-electron chi connectivity index (χ3n) is 4.35. The zero-order valence-corrected chi connectivity index (χ0v) is 38.0. The standard InChI is InChI=1S/2C11H5Br6N3/c2*12-10(13,14)8-18-7(6-4-2-1-3-5-6)19-9(20-8)11(15,16)17/h2*1-5H. The SMILES string of the molecule is BrC(Br)(Br)c1nc(-c2ccccc2)nc(C(Br)(Br)Br)n1.BrC(Br)(Br)c1nc(-c2ccccc2)nc(C(Br)(Br)Br)n1. The molecule has 6 nitrogen and oxygen atoms in total. The average Bonchev–Trinajstić information content (AvgIpc) is 2.87. The lowest BCUT2D eigenvalue weighted by atomic mass is 10.2. The van der Waals surface area contributed by atoms with Crippen molar-refractivity contribution in [2.24, 2.45) is 0 Å². The summed E-state index contributed by atoms with van der Waals surface area (Å²) < 4.78 is -2.86. The molecular weight excluding hydrogens is 1310 g/mol. The third-order valence-corrected chi connectivity index (χ3v) is 8.60. The van der Waals surface area contributed by atoms with Crippen LogP contribution in [0.4, 0.5) is 0 Å². The van der Waals surface area contributed by atoms with Gasteiger partial charge in [0.05, 0.1) is 0 Å². The van der Waals surface area contributed by atoms with E-state index in [9.17, 15) is 0 Å². The molecule has 0 atom stereocenters. The summed E-state index contributed by atoms with van der Waals surface area (Å²) in [6, 6.07) is 19.4. The van der Waals surface area contributed by atoms with Crippen LogP contribution in [0, 0.1) is 0 Å². The van der Waals surface area contributed by atoms with E-state index in [2.05, 4.69) is 221 Å². The molecule has 0 fully saturated rings. The largest absolute Gasteiger partial charge is 0.211 e. The number of rotatable bonds is 2. The van der Waals surface area contributed by atoms with Crippen molar-refractivity contribution < 1.29 is 0 Å². The molecule has 18 heteroatoms. The van der Waals surface area contributed by atoms with Crippen molar-refractivity contribution in [1.82, 2.24) is 29.9 Å². The first-order chi connectivity index (χ1) is 18.4. The summed E-state index contributed by atoms with van der Waals surface area (Å²) in [4.78, 5) is 26.6. The number of nitrogens with zero attached hydrogens (tertiary/aromatic N) is 6. The molecule has 0 aliphatic heterocycles. The van der Waals surface area contributed by atoms with Crippen molar-refractivity contribution >= 4 is 191 Å². The van der Waals surface area contributed by atoms with Crippen LogP contribution in [0.25, 0.3) is 22.8 Å². The van der Waals surface area contributed by atoms with E-state index in [1.165, 1.54) is 0 Å². The minimum absolute atomic E-state index is 0.504. The van der Waals surface area contributed by atoms with Crippen LogP contribution >= 0.6 is 191 Å². The van der Waals surface area contributed by atoms with Crippen molar-refractivity contribution in [1.29, 1.82) is 0 Å². The third kappa shape index (κ3) is 11.2. The Bertz CT molecular complexity index is 1260. The molecule has 0 radical (unpaired) electrons. The monoisotopic (exact) mass is 1310 g/mol. The minimum Gasteiger partial charge on any atom is -0.211 e. The summed E-state index contributed by atoms with van der Waals surface area (Å²) in [6.45, 7) is 0. The molecule has 0 spiro atoms. The van der Waals surface area contributed by atoms with Gasteiger partial charge in [0, 0.05) is 11.1 Å². The first-order valence-corrected chi connectivity index (χ1v) is 19.8. The van der Waals surface area contributed by atoms with Gasteiger partial charge in [-0.05, 0) is 0 Å². The molecule has 0 saturated heterocycles. The van der Waals surface area contributed by atoms with Gasteiger partial charge in [-0.2, -0.15) is 0 Å². The van der Waals surface area contributed by atoms with Gasteiger partial charge in [0.25, 0.3) is 0 Å². The van der Waals surface area contributed by atoms with Crippen LogP contribution in [0.5, 0.6) is 0 Å². The van der Waals surface area contributed by atoms with E-state index in [0.717, 1.165) is 11.1 Å². The Morgan fingerprint density at radius 3 is 0.750 bits per heavy atom. The summed E-state index contributed by atoms with van der Waals surface area (Å²) in [6.07, 6.45) is 0. The molecule has 4 rings (SSSR count). The van der Waals surface area contributed by atoms with Gasteiger partial charge >= 0.3 is 0 Å². The van der Waals surface area contributed by atoms with Crippen LogP contribution in [0.2, 0.25) is 0 Å². The van der Waals surface area contributed by atoms with Crippen molar-refractivity contribution in [3.8, 4) is 22.8 Å². The minimum atomic E-state index is -0.716. The van der Waals surface area contributed by atoms with Gasteiger partial charge < -0.3 is 0 Å². The Hall–Kier alpha value is 2.22. The number of aromatic nitrogens is 6. The lowest BCUT2D eigenvalue weighted by Crippen LogP contribution is -2.15. The molecule has 0 bridgehead atoms. The summed E-state index contributed by atoms with van der Waals surface area (Å²) in [5, 5.41) is 0. The fourth-order valence-corrected chi connectivity index (χ4v) is 4.82. The fraction of sp³-hybridized carbons (Fsp3) is 0.182. The highest BCUT2D eigenvalue weighted by Crippen LogP contribution is 2.47. The van der Waals surface area contributed by atoms with E-state index >= 15 is 0 Å². The molecule has 2 aromatic carbocycles. The van der Waals surface area contributed by atoms with Gasteiger partial charge in [0.2, 0.25) is 0 Å². The Labute approximate surface area is 331 Å². The first-order valence-electron chi connectivity index (χ1n) is 10.3. The summed E-state index contributed by atoms with van der Waals surface area (Å²) in [5.74, 6) is 3.17. The first kappa shape index (κ1) is 36.7. The molecule has 0 aliphatic carbocycles. The van der Waals surface area contributed by atoms with E-state index in [4.69, 9.17) is 0 Å². The van der Waals surface area contributed by atoms with Crippen molar-refractivity contribution in [3.63, 3.8) is 0 Å². The second kappa shape index (κ2) is 15.2. The number of alkyl halides is 12. The van der Waals surface area contributed by atoms with Crippen molar-refractivity contribution in [2.75, 3.05) is 0 Å². The second-order valence-corrected chi connectivity index (χ2v) is 34.4. The van der Waals surface area contributed by atoms with Crippen LogP contribution in [0.15, 0.2) is 60.7 Å². The molecule has 0 unspecified atom stereocenters. The van der Waals surface area contributed by atoms with E-state index < -0.39 is 8.57 Å². The molecule has 0 N–H and O–H groups in total. The molecule has 212 valence electrons. The lowest BCUT2D eigenvalue weighted by molar-refractivity contribution is 0.893. The lowest BCUT2D eigenvalue weighted by Gasteiger charge is -2.16. The highest BCUT2D eigenvalue weighted by molar-refractivity contribution is 9.39. The second-order valence-electron chi connectivity index (χ2n) is 7.34. The Balaban J connectivity index is 0.000000220. The highest BCUT2D eigenvalue weighted by Gasteiger charge is 2.33. The molecule has 0 saturated carbocycles. The Kier molecular flexibility index (Phi) is 13.9. The molecular formula is C22H10Br12N6. The van der Waals surface area contributed by atoms with Gasteiger partial charge in [-0.25, -0.2) is 29.9 Å². The average molecular weight is 1320 g/mol. The normalized spacial score (nSPS) is 12.5. The van der Waals surface area contributed by atoms with Gasteiger partial charge in [-0.3, -0.25) is 0 Å². The quantitative estimate of drug-likeness (QED) is 0.186. The Morgan fingerprint density at radius 2 is 0.550 bits per heavy atom. The molecule has 4 aromatic rings. The van der Waals surface area contributed by atoms with Gasteiger partial charge in [0.15, 0.2) is 43.5 Å². The van der Waals surface area contributed by atoms with Crippen LogP contribution < -0.4 is 0 Å². The smallest absolute Gasteiger partial charge is 0.194 e. The maximum atomic E-state index is 4.46. The van der Waals surface area contributed by atoms with E-state index in [0.29, 0.717) is 34.9 Å². The van der Waals surface area contributed by atoms with Gasteiger partial charge in [0.1, 0.15) is 0 Å². The number of benzene rings is 2. The highest BCUT2D eigenvalue weighted by atomic mass is 80.0. The zero-order chi connectivity index (χ0) is 29.9. The summed E-state index contributed by atoms with van der Waals surface area (Å²) >= 11 is 41.1. The van der Waals surface area contributed by atoms with Crippen molar-refractivity contribution in [3.05, 3.63) is 84.0 Å². The molecule has 0 amide bonds. The number of hydrogen-bond acceptors (Lipinski definition) is 6. The van der Waals surface area contributed by atoms with Crippen LogP contribution in [0.1, 0.15) is 23.3 Å². The number of hydrogen-bond donors (Lipinski definition) is 0. The maximum Gasteiger partial charge on any atom is 0.194 e. The van der Waals surface area contributed by atoms with Crippen LogP contribution in [-0.4, -0.2) is 29.9 Å². The molecule has 2 heterocycles. The van der Waals surface area contributed by atoms with Crippen LogP contribution in [0.3, 0.4) is 0 Å². The van der Waals surface area contributed by atoms with Gasteiger partial charge in [-0.15, -0.1) is 0 Å². The zero-order valence-electron chi connectivity index (χ0n) is 19.0. The molecule has 40 heavy (non-hydrogen) atoms. The van der Waals surface area contributed by atoms with E-state index in [1.54, 1.807) is 0 Å². The summed E-state index contributed by atoms with van der Waals surface area (Å²) in [5.41, 5.74) is 1.82.